The topological polar surface area (TPSA) is 87.1 Å². The number of carbonyl (C=O) groups excluding carboxylic acids is 1. The van der Waals surface area contributed by atoms with Crippen LogP contribution in [0.2, 0.25) is 0 Å². The number of rotatable bonds is 6. The number of methoxy groups -OCH3 is 1. The molecule has 1 aromatic rings. The SMILES string of the molecule is CCN(C(=O)c1cc(OC)ccc1O)C(C)CC(=O)O. The molecule has 0 aliphatic carbocycles. The van der Waals surface area contributed by atoms with E-state index in [1.807, 2.05) is 0 Å². The minimum absolute atomic E-state index is 0.100. The minimum Gasteiger partial charge on any atom is -0.507 e. The van der Waals surface area contributed by atoms with E-state index in [4.69, 9.17) is 9.84 Å². The first-order valence-electron chi connectivity index (χ1n) is 6.30. The van der Waals surface area contributed by atoms with Gasteiger partial charge in [0.1, 0.15) is 11.5 Å². The summed E-state index contributed by atoms with van der Waals surface area (Å²) >= 11 is 0. The average Bonchev–Trinajstić information content (AvgIpc) is 2.39. The summed E-state index contributed by atoms with van der Waals surface area (Å²) in [6.07, 6.45) is -0.149. The molecule has 0 aliphatic heterocycles. The van der Waals surface area contributed by atoms with Crippen LogP contribution in [0.1, 0.15) is 30.6 Å². The Labute approximate surface area is 117 Å². The third-order valence-corrected chi connectivity index (χ3v) is 3.04. The molecule has 110 valence electrons. The molecule has 0 radical (unpaired) electrons. The van der Waals surface area contributed by atoms with E-state index >= 15 is 0 Å². The highest BCUT2D eigenvalue weighted by Crippen LogP contribution is 2.25. The fourth-order valence-electron chi connectivity index (χ4n) is 1.99. The van der Waals surface area contributed by atoms with Gasteiger partial charge in [-0.1, -0.05) is 0 Å². The van der Waals surface area contributed by atoms with Gasteiger partial charge in [-0.3, -0.25) is 9.59 Å². The van der Waals surface area contributed by atoms with Gasteiger partial charge in [0, 0.05) is 12.6 Å². The largest absolute Gasteiger partial charge is 0.507 e. The summed E-state index contributed by atoms with van der Waals surface area (Å²) in [6.45, 7) is 3.77. The van der Waals surface area contributed by atoms with Gasteiger partial charge in [0.25, 0.3) is 5.91 Å². The van der Waals surface area contributed by atoms with Gasteiger partial charge in [-0.15, -0.1) is 0 Å². The molecule has 0 aliphatic rings. The lowest BCUT2D eigenvalue weighted by Crippen LogP contribution is -2.39. The molecule has 1 aromatic carbocycles. The van der Waals surface area contributed by atoms with Gasteiger partial charge in [0.2, 0.25) is 0 Å². The molecule has 6 heteroatoms. The molecule has 6 nitrogen and oxygen atoms in total. The maximum atomic E-state index is 12.4. The average molecular weight is 281 g/mol. The van der Waals surface area contributed by atoms with Crippen molar-refractivity contribution in [3.63, 3.8) is 0 Å². The molecule has 20 heavy (non-hydrogen) atoms. The minimum atomic E-state index is -0.974. The van der Waals surface area contributed by atoms with Crippen LogP contribution in [-0.2, 0) is 4.79 Å². The molecule has 1 rings (SSSR count). The second-order valence-electron chi connectivity index (χ2n) is 4.42. The molecule has 0 heterocycles. The Bertz CT molecular complexity index is 500. The van der Waals surface area contributed by atoms with Crippen LogP contribution >= 0.6 is 0 Å². The Balaban J connectivity index is 3.04. The molecular weight excluding hydrogens is 262 g/mol. The number of carboxylic acid groups (broad SMARTS) is 1. The summed E-state index contributed by atoms with van der Waals surface area (Å²) in [4.78, 5) is 24.6. The van der Waals surface area contributed by atoms with Crippen LogP contribution in [0.4, 0.5) is 0 Å². The zero-order chi connectivity index (χ0) is 15.3. The third-order valence-electron chi connectivity index (χ3n) is 3.04. The molecule has 1 atom stereocenters. The van der Waals surface area contributed by atoms with Crippen LogP contribution in [0.5, 0.6) is 11.5 Å². The number of aromatic hydroxyl groups is 1. The van der Waals surface area contributed by atoms with Gasteiger partial charge in [0.15, 0.2) is 0 Å². The van der Waals surface area contributed by atoms with E-state index in [-0.39, 0.29) is 17.7 Å². The second kappa shape index (κ2) is 6.79. The number of phenols is 1. The summed E-state index contributed by atoms with van der Waals surface area (Å²) in [5, 5.41) is 18.6. The first-order chi connectivity index (χ1) is 9.40. The lowest BCUT2D eigenvalue weighted by molar-refractivity contribution is -0.138. The van der Waals surface area contributed by atoms with Crippen molar-refractivity contribution in [1.29, 1.82) is 0 Å². The number of amides is 1. The number of hydrogen-bond donors (Lipinski definition) is 2. The Morgan fingerprint density at radius 2 is 2.05 bits per heavy atom. The van der Waals surface area contributed by atoms with E-state index in [0.717, 1.165) is 0 Å². The highest BCUT2D eigenvalue weighted by Gasteiger charge is 2.24. The predicted octanol–water partition coefficient (Wildman–Crippen LogP) is 1.73. The number of hydrogen-bond acceptors (Lipinski definition) is 4. The van der Waals surface area contributed by atoms with E-state index in [9.17, 15) is 14.7 Å². The standard InChI is InChI=1S/C14H19NO5/c1-4-15(9(2)7-13(17)18)14(19)11-8-10(20-3)5-6-12(11)16/h5-6,8-9,16H,4,7H2,1-3H3,(H,17,18). The summed E-state index contributed by atoms with van der Waals surface area (Å²) in [5.41, 5.74) is 0.100. The maximum absolute atomic E-state index is 12.4. The number of benzene rings is 1. The van der Waals surface area contributed by atoms with E-state index in [1.54, 1.807) is 19.9 Å². The maximum Gasteiger partial charge on any atom is 0.305 e. The smallest absolute Gasteiger partial charge is 0.305 e. The van der Waals surface area contributed by atoms with Crippen molar-refractivity contribution in [2.45, 2.75) is 26.3 Å². The van der Waals surface area contributed by atoms with Crippen LogP contribution in [0.25, 0.3) is 0 Å². The van der Waals surface area contributed by atoms with Crippen molar-refractivity contribution in [3.05, 3.63) is 23.8 Å². The Hall–Kier alpha value is -2.24. The monoisotopic (exact) mass is 281 g/mol. The summed E-state index contributed by atoms with van der Waals surface area (Å²) in [5.74, 6) is -1.10. The fourth-order valence-corrected chi connectivity index (χ4v) is 1.99. The van der Waals surface area contributed by atoms with Crippen molar-refractivity contribution < 1.29 is 24.5 Å². The molecule has 0 saturated heterocycles. The van der Waals surface area contributed by atoms with Crippen LogP contribution < -0.4 is 4.74 Å². The summed E-state index contributed by atoms with van der Waals surface area (Å²) in [7, 11) is 1.46. The summed E-state index contributed by atoms with van der Waals surface area (Å²) < 4.78 is 5.02. The van der Waals surface area contributed by atoms with E-state index in [2.05, 4.69) is 0 Å². The van der Waals surface area contributed by atoms with Crippen molar-refractivity contribution in [2.24, 2.45) is 0 Å². The van der Waals surface area contributed by atoms with E-state index < -0.39 is 17.9 Å². The van der Waals surface area contributed by atoms with Crippen molar-refractivity contribution in [3.8, 4) is 11.5 Å². The van der Waals surface area contributed by atoms with Gasteiger partial charge in [0.05, 0.1) is 19.1 Å². The Morgan fingerprint density at radius 3 is 2.55 bits per heavy atom. The highest BCUT2D eigenvalue weighted by molar-refractivity contribution is 5.97. The molecule has 0 aromatic heterocycles. The lowest BCUT2D eigenvalue weighted by Gasteiger charge is -2.27. The molecule has 1 amide bonds. The van der Waals surface area contributed by atoms with Crippen LogP contribution in [0.3, 0.4) is 0 Å². The second-order valence-corrected chi connectivity index (χ2v) is 4.42. The number of nitrogens with zero attached hydrogens (tertiary/aromatic N) is 1. The molecule has 0 spiro atoms. The number of phenolic OH excluding ortho intramolecular Hbond substituents is 1. The predicted molar refractivity (Wildman–Crippen MR) is 73.1 cm³/mol. The number of carboxylic acids is 1. The van der Waals surface area contributed by atoms with Gasteiger partial charge < -0.3 is 19.8 Å². The van der Waals surface area contributed by atoms with Crippen molar-refractivity contribution in [1.82, 2.24) is 4.90 Å². The molecule has 0 fully saturated rings. The lowest BCUT2D eigenvalue weighted by atomic mass is 10.1. The quantitative estimate of drug-likeness (QED) is 0.829. The number of ether oxygens (including phenoxy) is 1. The van der Waals surface area contributed by atoms with E-state index in [1.165, 1.54) is 24.1 Å². The first kappa shape index (κ1) is 15.8. The molecule has 0 saturated carbocycles. The third kappa shape index (κ3) is 3.63. The van der Waals surface area contributed by atoms with E-state index in [0.29, 0.717) is 12.3 Å². The highest BCUT2D eigenvalue weighted by atomic mass is 16.5. The normalized spacial score (nSPS) is 11.8. The Kier molecular flexibility index (Phi) is 5.37. The van der Waals surface area contributed by atoms with Gasteiger partial charge in [-0.05, 0) is 32.0 Å². The van der Waals surface area contributed by atoms with Crippen molar-refractivity contribution >= 4 is 11.9 Å². The summed E-state index contributed by atoms with van der Waals surface area (Å²) in [6, 6.07) is 3.90. The van der Waals surface area contributed by atoms with Crippen LogP contribution in [0, 0.1) is 0 Å². The fraction of sp³-hybridized carbons (Fsp3) is 0.429. The number of aliphatic carboxylic acids is 1. The van der Waals surface area contributed by atoms with Crippen molar-refractivity contribution in [2.75, 3.05) is 13.7 Å². The molecular formula is C14H19NO5. The molecule has 0 bridgehead atoms. The van der Waals surface area contributed by atoms with Gasteiger partial charge in [-0.25, -0.2) is 0 Å². The number of carbonyl (C=O) groups is 2. The van der Waals surface area contributed by atoms with Crippen LogP contribution in [-0.4, -0.2) is 46.7 Å². The van der Waals surface area contributed by atoms with Gasteiger partial charge >= 0.3 is 5.97 Å². The first-order valence-corrected chi connectivity index (χ1v) is 6.30. The molecule has 2 N–H and O–H groups in total. The van der Waals surface area contributed by atoms with Gasteiger partial charge in [-0.2, -0.15) is 0 Å². The van der Waals surface area contributed by atoms with Crippen LogP contribution in [0.15, 0.2) is 18.2 Å². The zero-order valence-electron chi connectivity index (χ0n) is 11.8. The zero-order valence-corrected chi connectivity index (χ0v) is 11.8. The molecule has 1 unspecified atom stereocenters. The Morgan fingerprint density at radius 1 is 1.40 bits per heavy atom.